The standard InChI is InChI=1S/C22H15BrClFN2O/c23-14-6-9-21-17(10-14)20-12-19(13-4-2-1-3-5-13)26-27(20)22(28-21)16-11-15(25)7-8-18(16)24/h1-11,20,22H,12H2/t20-,22-/m0/s1. The normalized spacial score (nSPS) is 20.2. The lowest BCUT2D eigenvalue weighted by Gasteiger charge is -2.38. The lowest BCUT2D eigenvalue weighted by atomic mass is 9.96. The first-order valence-electron chi connectivity index (χ1n) is 8.92. The second-order valence-electron chi connectivity index (χ2n) is 6.83. The van der Waals surface area contributed by atoms with E-state index in [1.165, 1.54) is 12.1 Å². The molecule has 3 nitrogen and oxygen atoms in total. The van der Waals surface area contributed by atoms with Gasteiger partial charge in [0.2, 0.25) is 6.23 Å². The van der Waals surface area contributed by atoms with Crippen LogP contribution < -0.4 is 4.74 Å². The Kier molecular flexibility index (Phi) is 4.37. The van der Waals surface area contributed by atoms with Crippen LogP contribution in [0.15, 0.2) is 76.3 Å². The molecule has 2 heterocycles. The Morgan fingerprint density at radius 1 is 1.04 bits per heavy atom. The Morgan fingerprint density at radius 3 is 2.68 bits per heavy atom. The lowest BCUT2D eigenvalue weighted by molar-refractivity contribution is -0.0191. The molecule has 0 unspecified atom stereocenters. The van der Waals surface area contributed by atoms with Crippen molar-refractivity contribution < 1.29 is 9.13 Å². The highest BCUT2D eigenvalue weighted by molar-refractivity contribution is 9.10. The average molecular weight is 458 g/mol. The zero-order chi connectivity index (χ0) is 19.3. The molecule has 28 heavy (non-hydrogen) atoms. The van der Waals surface area contributed by atoms with Gasteiger partial charge in [-0.3, -0.25) is 0 Å². The first-order chi connectivity index (χ1) is 13.6. The summed E-state index contributed by atoms with van der Waals surface area (Å²) in [6.45, 7) is 0. The van der Waals surface area contributed by atoms with Crippen molar-refractivity contribution in [3.63, 3.8) is 0 Å². The molecule has 0 saturated heterocycles. The third kappa shape index (κ3) is 2.99. The molecule has 0 bridgehead atoms. The fraction of sp³-hybridized carbons (Fsp3) is 0.136. The van der Waals surface area contributed by atoms with E-state index < -0.39 is 6.23 Å². The highest BCUT2D eigenvalue weighted by Crippen LogP contribution is 2.49. The van der Waals surface area contributed by atoms with Gasteiger partial charge in [0.1, 0.15) is 11.6 Å². The van der Waals surface area contributed by atoms with E-state index in [4.69, 9.17) is 21.4 Å². The summed E-state index contributed by atoms with van der Waals surface area (Å²) >= 11 is 9.94. The molecular weight excluding hydrogens is 443 g/mol. The molecule has 0 aliphatic carbocycles. The van der Waals surface area contributed by atoms with Crippen molar-refractivity contribution in [1.29, 1.82) is 0 Å². The van der Waals surface area contributed by atoms with Gasteiger partial charge in [-0.15, -0.1) is 0 Å². The highest BCUT2D eigenvalue weighted by atomic mass is 79.9. The van der Waals surface area contributed by atoms with E-state index in [0.29, 0.717) is 10.6 Å². The van der Waals surface area contributed by atoms with Gasteiger partial charge in [0.05, 0.1) is 11.8 Å². The van der Waals surface area contributed by atoms with Crippen LogP contribution in [0.25, 0.3) is 0 Å². The largest absolute Gasteiger partial charge is 0.464 e. The minimum absolute atomic E-state index is 0.0132. The number of fused-ring (bicyclic) bond motifs is 3. The van der Waals surface area contributed by atoms with E-state index in [0.717, 1.165) is 33.5 Å². The van der Waals surface area contributed by atoms with Gasteiger partial charge < -0.3 is 4.74 Å². The predicted octanol–water partition coefficient (Wildman–Crippen LogP) is 6.48. The number of rotatable bonds is 2. The highest BCUT2D eigenvalue weighted by Gasteiger charge is 2.41. The van der Waals surface area contributed by atoms with Crippen molar-refractivity contribution in [2.24, 2.45) is 5.10 Å². The minimum Gasteiger partial charge on any atom is -0.464 e. The topological polar surface area (TPSA) is 24.8 Å². The maximum atomic E-state index is 14.0. The summed E-state index contributed by atoms with van der Waals surface area (Å²) < 4.78 is 21.2. The van der Waals surface area contributed by atoms with Crippen LogP contribution in [0.1, 0.15) is 35.4 Å². The number of hydrogen-bond acceptors (Lipinski definition) is 3. The van der Waals surface area contributed by atoms with Gasteiger partial charge in [0, 0.05) is 27.0 Å². The number of nitrogens with zero attached hydrogens (tertiary/aromatic N) is 2. The zero-order valence-corrected chi connectivity index (χ0v) is 17.0. The monoisotopic (exact) mass is 456 g/mol. The van der Waals surface area contributed by atoms with Crippen molar-refractivity contribution in [1.82, 2.24) is 5.01 Å². The van der Waals surface area contributed by atoms with E-state index in [1.807, 2.05) is 47.5 Å². The number of hydrogen-bond donors (Lipinski definition) is 0. The molecular formula is C22H15BrClFN2O. The van der Waals surface area contributed by atoms with Gasteiger partial charge in [0.25, 0.3) is 0 Å². The zero-order valence-electron chi connectivity index (χ0n) is 14.6. The second-order valence-corrected chi connectivity index (χ2v) is 8.15. The van der Waals surface area contributed by atoms with Crippen LogP contribution in [0.2, 0.25) is 5.02 Å². The molecule has 0 aromatic heterocycles. The van der Waals surface area contributed by atoms with Gasteiger partial charge in [-0.1, -0.05) is 57.9 Å². The molecule has 0 N–H and O–H groups in total. The van der Waals surface area contributed by atoms with Crippen LogP contribution in [-0.4, -0.2) is 10.7 Å². The Hall–Kier alpha value is -2.37. The van der Waals surface area contributed by atoms with Crippen molar-refractivity contribution in [3.05, 3.63) is 98.7 Å². The van der Waals surface area contributed by atoms with Crippen LogP contribution in [0.4, 0.5) is 4.39 Å². The molecule has 3 aromatic rings. The summed E-state index contributed by atoms with van der Waals surface area (Å²) in [5.41, 5.74) is 3.66. The number of benzene rings is 3. The second kappa shape index (κ2) is 6.90. The minimum atomic E-state index is -0.594. The molecule has 2 aliphatic rings. The lowest BCUT2D eigenvalue weighted by Crippen LogP contribution is -2.34. The molecule has 6 heteroatoms. The fourth-order valence-electron chi connectivity index (χ4n) is 3.77. The molecule has 0 amide bonds. The van der Waals surface area contributed by atoms with Gasteiger partial charge >= 0.3 is 0 Å². The third-order valence-electron chi connectivity index (χ3n) is 5.08. The maximum absolute atomic E-state index is 14.0. The first kappa shape index (κ1) is 17.7. The molecule has 0 radical (unpaired) electrons. The molecule has 3 aromatic carbocycles. The summed E-state index contributed by atoms with van der Waals surface area (Å²) in [6.07, 6.45) is 0.142. The molecule has 5 rings (SSSR count). The number of hydrazone groups is 1. The SMILES string of the molecule is Fc1ccc(Cl)c([C@@H]2Oc3ccc(Br)cc3[C@@H]3CC(c4ccccc4)=NN32)c1. The summed E-state index contributed by atoms with van der Waals surface area (Å²) in [4.78, 5) is 0. The average Bonchev–Trinajstić information content (AvgIpc) is 3.16. The van der Waals surface area contributed by atoms with E-state index >= 15 is 0 Å². The fourth-order valence-corrected chi connectivity index (χ4v) is 4.36. The van der Waals surface area contributed by atoms with Crippen LogP contribution in [0.5, 0.6) is 5.75 Å². The van der Waals surface area contributed by atoms with Gasteiger partial charge in [0.15, 0.2) is 0 Å². The van der Waals surface area contributed by atoms with Crippen LogP contribution in [-0.2, 0) is 0 Å². The van der Waals surface area contributed by atoms with E-state index in [2.05, 4.69) is 22.0 Å². The van der Waals surface area contributed by atoms with E-state index in [9.17, 15) is 4.39 Å². The summed E-state index contributed by atoms with van der Waals surface area (Å²) in [5.74, 6) is 0.409. The van der Waals surface area contributed by atoms with Crippen LogP contribution in [0.3, 0.4) is 0 Å². The molecule has 2 atom stereocenters. The Morgan fingerprint density at radius 2 is 1.86 bits per heavy atom. The smallest absolute Gasteiger partial charge is 0.215 e. The summed E-state index contributed by atoms with van der Waals surface area (Å²) in [5, 5.41) is 7.22. The molecule has 0 fully saturated rings. The van der Waals surface area contributed by atoms with Crippen molar-refractivity contribution in [2.75, 3.05) is 0 Å². The summed E-state index contributed by atoms with van der Waals surface area (Å²) in [7, 11) is 0. The van der Waals surface area contributed by atoms with Crippen LogP contribution in [0, 0.1) is 5.82 Å². The third-order valence-corrected chi connectivity index (χ3v) is 5.92. The van der Waals surface area contributed by atoms with Crippen molar-refractivity contribution in [3.8, 4) is 5.75 Å². The predicted molar refractivity (Wildman–Crippen MR) is 111 cm³/mol. The Labute approximate surface area is 175 Å². The Bertz CT molecular complexity index is 1090. The van der Waals surface area contributed by atoms with Crippen molar-refractivity contribution >= 4 is 33.2 Å². The molecule has 0 spiro atoms. The van der Waals surface area contributed by atoms with Gasteiger partial charge in [-0.2, -0.15) is 5.10 Å². The molecule has 140 valence electrons. The van der Waals surface area contributed by atoms with Gasteiger partial charge in [-0.25, -0.2) is 9.40 Å². The van der Waals surface area contributed by atoms with Crippen molar-refractivity contribution in [2.45, 2.75) is 18.7 Å². The maximum Gasteiger partial charge on any atom is 0.215 e. The van der Waals surface area contributed by atoms with E-state index in [1.54, 1.807) is 6.07 Å². The Balaban J connectivity index is 1.64. The van der Waals surface area contributed by atoms with Crippen LogP contribution >= 0.6 is 27.5 Å². The first-order valence-corrected chi connectivity index (χ1v) is 10.1. The number of ether oxygens (including phenoxy) is 1. The molecule has 0 saturated carbocycles. The van der Waals surface area contributed by atoms with E-state index in [-0.39, 0.29) is 11.9 Å². The quantitative estimate of drug-likeness (QED) is 0.440. The van der Waals surface area contributed by atoms with Gasteiger partial charge in [-0.05, 0) is 42.0 Å². The number of halogens is 3. The molecule has 2 aliphatic heterocycles. The summed E-state index contributed by atoms with van der Waals surface area (Å²) in [6, 6.07) is 20.3.